The van der Waals surface area contributed by atoms with Crippen LogP contribution in [0.2, 0.25) is 0 Å². The van der Waals surface area contributed by atoms with Crippen LogP contribution in [0.4, 0.5) is 0 Å². The minimum absolute atomic E-state index is 1.64. The molecule has 2 nitrogen and oxygen atoms in total. The molecule has 22 valence electrons. The summed E-state index contributed by atoms with van der Waals surface area (Å²) in [5, 5.41) is 9.65. The van der Waals surface area contributed by atoms with Crippen LogP contribution in [0.5, 0.6) is 0 Å². The lowest BCUT2D eigenvalue weighted by Crippen LogP contribution is -1.74. The van der Waals surface area contributed by atoms with Crippen molar-refractivity contribution in [2.24, 2.45) is 0 Å². The van der Waals surface area contributed by atoms with Crippen LogP contribution < -0.4 is 5.09 Å². The number of nitrogens with one attached hydrogen (secondary N) is 1. The van der Waals surface area contributed by atoms with Gasteiger partial charge in [-0.3, -0.25) is 0 Å². The van der Waals surface area contributed by atoms with Gasteiger partial charge in [0.1, 0.15) is 0 Å². The molecule has 1 N–H and O–H groups in total. The van der Waals surface area contributed by atoms with Crippen LogP contribution in [0, 0.1) is 11.5 Å². The molecule has 0 aromatic heterocycles. The standard InChI is InChI=1S/CH3N2P/c2-1-3-4/h3H,4H2. The van der Waals surface area contributed by atoms with Crippen molar-refractivity contribution in [3.8, 4) is 6.19 Å². The highest BCUT2D eigenvalue weighted by atomic mass is 31.0. The SMILES string of the molecule is N#CNP. The van der Waals surface area contributed by atoms with Gasteiger partial charge in [0.2, 0.25) is 0 Å². The molecule has 1 atom stereocenters. The number of nitriles is 1. The lowest BCUT2D eigenvalue weighted by Gasteiger charge is -1.60. The van der Waals surface area contributed by atoms with Crippen LogP contribution in [0.1, 0.15) is 0 Å². The van der Waals surface area contributed by atoms with E-state index in [1.54, 1.807) is 6.19 Å². The first-order valence-electron chi connectivity index (χ1n) is 0.762. The van der Waals surface area contributed by atoms with Crippen molar-refractivity contribution in [3.63, 3.8) is 0 Å². The molecule has 0 radical (unpaired) electrons. The predicted molar refractivity (Wildman–Crippen MR) is 18.5 cm³/mol. The van der Waals surface area contributed by atoms with E-state index in [0.717, 1.165) is 0 Å². The molecule has 0 fully saturated rings. The van der Waals surface area contributed by atoms with E-state index >= 15 is 0 Å². The van der Waals surface area contributed by atoms with Crippen LogP contribution in [0.25, 0.3) is 0 Å². The number of nitrogens with zero attached hydrogens (tertiary/aromatic N) is 1. The minimum atomic E-state index is 1.64. The Bertz CT molecular complexity index is 35.8. The van der Waals surface area contributed by atoms with Gasteiger partial charge in [-0.25, -0.2) is 0 Å². The summed E-state index contributed by atoms with van der Waals surface area (Å²) in [5.74, 6) is 0. The number of rotatable bonds is 0. The Morgan fingerprint density at radius 2 is 2.25 bits per heavy atom. The van der Waals surface area contributed by atoms with E-state index in [-0.39, 0.29) is 0 Å². The molecule has 0 amide bonds. The molecular weight excluding hydrogens is 71.0 g/mol. The summed E-state index contributed by atoms with van der Waals surface area (Å²) in [6.07, 6.45) is 1.64. The first-order valence-corrected chi connectivity index (χ1v) is 1.34. The molecule has 0 aliphatic rings. The Labute approximate surface area is 27.1 Å². The van der Waals surface area contributed by atoms with Crippen molar-refractivity contribution in [1.29, 1.82) is 5.26 Å². The van der Waals surface area contributed by atoms with Crippen molar-refractivity contribution in [3.05, 3.63) is 0 Å². The van der Waals surface area contributed by atoms with Crippen molar-refractivity contribution in [2.45, 2.75) is 0 Å². The highest BCUT2D eigenvalue weighted by Gasteiger charge is 1.39. The van der Waals surface area contributed by atoms with Gasteiger partial charge in [0.25, 0.3) is 0 Å². The monoisotopic (exact) mass is 74.0 g/mol. The summed E-state index contributed by atoms with van der Waals surface area (Å²) >= 11 is 0. The van der Waals surface area contributed by atoms with E-state index in [2.05, 4.69) is 5.09 Å². The average molecular weight is 74.0 g/mol. The fourth-order valence-electron chi connectivity index (χ4n) is 0. The van der Waals surface area contributed by atoms with Gasteiger partial charge in [-0.15, -0.1) is 0 Å². The number of hydrogen-bond acceptors (Lipinski definition) is 2. The maximum absolute atomic E-state index is 7.49. The quantitative estimate of drug-likeness (QED) is 0.246. The summed E-state index contributed by atoms with van der Waals surface area (Å²) in [6.45, 7) is 0. The summed E-state index contributed by atoms with van der Waals surface area (Å²) in [5.41, 5.74) is 0. The zero-order valence-corrected chi connectivity index (χ0v) is 3.18. The Hall–Kier alpha value is -0.280. The Balaban J connectivity index is 2.43. The molecule has 0 saturated carbocycles. The second kappa shape index (κ2) is 2.72. The van der Waals surface area contributed by atoms with Crippen LogP contribution in [0.15, 0.2) is 0 Å². The van der Waals surface area contributed by atoms with Gasteiger partial charge in [-0.1, -0.05) is 0 Å². The maximum atomic E-state index is 7.49. The van der Waals surface area contributed by atoms with Crippen molar-refractivity contribution < 1.29 is 0 Å². The first kappa shape index (κ1) is 3.72. The van der Waals surface area contributed by atoms with E-state index in [9.17, 15) is 0 Å². The third-order valence-corrected chi connectivity index (χ3v) is 0.194. The highest BCUT2D eigenvalue weighted by molar-refractivity contribution is 7.14. The van der Waals surface area contributed by atoms with Gasteiger partial charge in [0.15, 0.2) is 6.19 Å². The summed E-state index contributed by atoms with van der Waals surface area (Å²) in [7, 11) is 2.04. The summed E-state index contributed by atoms with van der Waals surface area (Å²) < 4.78 is 0. The minimum Gasteiger partial charge on any atom is -0.309 e. The molecule has 4 heavy (non-hydrogen) atoms. The smallest absolute Gasteiger partial charge is 0.179 e. The Kier molecular flexibility index (Phi) is 2.53. The lowest BCUT2D eigenvalue weighted by atomic mass is 11.5. The maximum Gasteiger partial charge on any atom is 0.179 e. The van der Waals surface area contributed by atoms with Gasteiger partial charge < -0.3 is 5.09 Å². The van der Waals surface area contributed by atoms with Crippen molar-refractivity contribution in [2.75, 3.05) is 0 Å². The van der Waals surface area contributed by atoms with Crippen LogP contribution in [-0.2, 0) is 0 Å². The Morgan fingerprint density at radius 1 is 2.00 bits per heavy atom. The molecule has 0 aliphatic heterocycles. The first-order chi connectivity index (χ1) is 1.91. The zero-order valence-electron chi connectivity index (χ0n) is 2.02. The van der Waals surface area contributed by atoms with E-state index in [0.29, 0.717) is 0 Å². The fraction of sp³-hybridized carbons (Fsp3) is 0. The largest absolute Gasteiger partial charge is 0.309 e. The summed E-state index contributed by atoms with van der Waals surface area (Å²) in [4.78, 5) is 0. The molecule has 0 spiro atoms. The van der Waals surface area contributed by atoms with E-state index in [4.69, 9.17) is 5.26 Å². The van der Waals surface area contributed by atoms with Crippen LogP contribution in [0.3, 0.4) is 0 Å². The van der Waals surface area contributed by atoms with Gasteiger partial charge in [0.05, 0.1) is 0 Å². The molecule has 0 aliphatic carbocycles. The van der Waals surface area contributed by atoms with Gasteiger partial charge in [-0.2, -0.15) is 5.26 Å². The van der Waals surface area contributed by atoms with Crippen LogP contribution in [-0.4, -0.2) is 0 Å². The molecule has 0 aromatic carbocycles. The van der Waals surface area contributed by atoms with E-state index in [1.165, 1.54) is 0 Å². The normalized spacial score (nSPS) is 4.00. The molecule has 0 bridgehead atoms. The van der Waals surface area contributed by atoms with Crippen molar-refractivity contribution >= 4 is 9.39 Å². The second-order valence-corrected chi connectivity index (χ2v) is 0.545. The zero-order chi connectivity index (χ0) is 3.41. The third-order valence-electron chi connectivity index (χ3n) is 0.0645. The fourth-order valence-corrected chi connectivity index (χ4v) is 0. The van der Waals surface area contributed by atoms with Gasteiger partial charge in [-0.05, 0) is 9.39 Å². The molecule has 3 heteroatoms. The molecule has 0 heterocycles. The highest BCUT2D eigenvalue weighted by Crippen LogP contribution is 1.54. The predicted octanol–water partition coefficient (Wildman–Crippen LogP) is -0.153. The second-order valence-electron chi connectivity index (χ2n) is 0.256. The van der Waals surface area contributed by atoms with E-state index < -0.39 is 0 Å². The molecule has 0 aromatic rings. The third kappa shape index (κ3) is 1.72. The average Bonchev–Trinajstić information content (AvgIpc) is 1.37. The molecule has 1 unspecified atom stereocenters. The van der Waals surface area contributed by atoms with E-state index in [1.807, 2.05) is 9.39 Å². The Morgan fingerprint density at radius 3 is 2.25 bits per heavy atom. The molecule has 0 saturated heterocycles. The summed E-state index contributed by atoms with van der Waals surface area (Å²) in [6, 6.07) is 0. The molecular formula is CH3N2P. The van der Waals surface area contributed by atoms with Gasteiger partial charge >= 0.3 is 0 Å². The van der Waals surface area contributed by atoms with Crippen molar-refractivity contribution in [1.82, 2.24) is 5.09 Å². The topological polar surface area (TPSA) is 35.8 Å². The molecule has 0 rings (SSSR count). The van der Waals surface area contributed by atoms with Crippen LogP contribution >= 0.6 is 9.39 Å². The number of hydrogen-bond donors (Lipinski definition) is 1. The van der Waals surface area contributed by atoms with Gasteiger partial charge in [0, 0.05) is 0 Å². The lowest BCUT2D eigenvalue weighted by molar-refractivity contribution is 1.37.